The summed E-state index contributed by atoms with van der Waals surface area (Å²) in [5.41, 5.74) is -0.0919. The van der Waals surface area contributed by atoms with Gasteiger partial charge in [0.2, 0.25) is 0 Å². The topological polar surface area (TPSA) is 9.23 Å². The first-order valence-electron chi connectivity index (χ1n) is 5.36. The third-order valence-electron chi connectivity index (χ3n) is 4.32. The van der Waals surface area contributed by atoms with E-state index in [2.05, 4.69) is 30.9 Å². The highest BCUT2D eigenvalue weighted by Crippen LogP contribution is 2.57. The molecule has 0 amide bonds. The first-order chi connectivity index (χ1) is 6.80. The molecule has 0 radical (unpaired) electrons. The summed E-state index contributed by atoms with van der Waals surface area (Å²) in [6.07, 6.45) is 12.5. The van der Waals surface area contributed by atoms with Gasteiger partial charge in [0, 0.05) is 13.0 Å². The predicted octanol–water partition coefficient (Wildman–Crippen LogP) is 2.57. The molecule has 0 spiro atoms. The lowest BCUT2D eigenvalue weighted by atomic mass is 9.85. The molecule has 0 heterocycles. The Kier molecular flexibility index (Phi) is 1.58. The minimum atomic E-state index is -0.0919. The van der Waals surface area contributed by atoms with Crippen LogP contribution >= 0.6 is 0 Å². The standard InChI is InChI=1S/C13H16O/c1-3-13(14-2)8-10-5-4-9-6-7-11(13)12(9)10/h3-7,9-12H,1,8H2,2H3/t9-,10+,11-,12-,13+/m1/s1. The van der Waals surface area contributed by atoms with Gasteiger partial charge in [-0.2, -0.15) is 0 Å². The van der Waals surface area contributed by atoms with Gasteiger partial charge in [0.1, 0.15) is 0 Å². The van der Waals surface area contributed by atoms with Crippen LogP contribution in [0.25, 0.3) is 0 Å². The van der Waals surface area contributed by atoms with Crippen LogP contribution in [0, 0.1) is 23.7 Å². The van der Waals surface area contributed by atoms with Gasteiger partial charge in [-0.25, -0.2) is 0 Å². The van der Waals surface area contributed by atoms with Crippen LogP contribution < -0.4 is 0 Å². The molecule has 3 rings (SSSR count). The first kappa shape index (κ1) is 8.49. The lowest BCUT2D eigenvalue weighted by molar-refractivity contribution is 0.00881. The fraction of sp³-hybridized carbons (Fsp3) is 0.538. The minimum Gasteiger partial charge on any atom is -0.374 e. The van der Waals surface area contributed by atoms with Crippen LogP contribution in [0.15, 0.2) is 37.0 Å². The van der Waals surface area contributed by atoms with Gasteiger partial charge in [-0.3, -0.25) is 0 Å². The fourth-order valence-electron chi connectivity index (χ4n) is 3.61. The molecular weight excluding hydrogens is 172 g/mol. The van der Waals surface area contributed by atoms with Gasteiger partial charge in [-0.15, -0.1) is 6.58 Å². The largest absolute Gasteiger partial charge is 0.374 e. The van der Waals surface area contributed by atoms with E-state index >= 15 is 0 Å². The third-order valence-corrected chi connectivity index (χ3v) is 4.32. The Morgan fingerprint density at radius 1 is 1.36 bits per heavy atom. The van der Waals surface area contributed by atoms with Crippen molar-refractivity contribution in [3.8, 4) is 0 Å². The van der Waals surface area contributed by atoms with E-state index in [4.69, 9.17) is 4.74 Å². The van der Waals surface area contributed by atoms with Crippen molar-refractivity contribution < 1.29 is 4.74 Å². The average Bonchev–Trinajstić information content (AvgIpc) is 2.85. The van der Waals surface area contributed by atoms with Crippen molar-refractivity contribution in [1.82, 2.24) is 0 Å². The Morgan fingerprint density at radius 2 is 2.14 bits per heavy atom. The van der Waals surface area contributed by atoms with Gasteiger partial charge < -0.3 is 4.74 Å². The Hall–Kier alpha value is -0.820. The molecule has 5 atom stereocenters. The molecule has 3 aliphatic rings. The van der Waals surface area contributed by atoms with E-state index in [1.165, 1.54) is 0 Å². The van der Waals surface area contributed by atoms with Crippen molar-refractivity contribution in [1.29, 1.82) is 0 Å². The van der Waals surface area contributed by atoms with Crippen molar-refractivity contribution in [2.75, 3.05) is 7.11 Å². The van der Waals surface area contributed by atoms with E-state index in [0.717, 1.165) is 12.3 Å². The maximum absolute atomic E-state index is 5.71. The molecule has 0 saturated heterocycles. The van der Waals surface area contributed by atoms with E-state index in [1.807, 2.05) is 13.2 Å². The van der Waals surface area contributed by atoms with Gasteiger partial charge in [-0.05, 0) is 24.2 Å². The zero-order valence-electron chi connectivity index (χ0n) is 8.52. The summed E-state index contributed by atoms with van der Waals surface area (Å²) >= 11 is 0. The summed E-state index contributed by atoms with van der Waals surface area (Å²) in [6, 6.07) is 0. The second kappa shape index (κ2) is 2.60. The van der Waals surface area contributed by atoms with Crippen LogP contribution in [0.1, 0.15) is 6.42 Å². The average molecular weight is 188 g/mol. The summed E-state index contributed by atoms with van der Waals surface area (Å²) in [6.45, 7) is 3.95. The zero-order valence-corrected chi connectivity index (χ0v) is 8.52. The van der Waals surface area contributed by atoms with Crippen LogP contribution in [0.3, 0.4) is 0 Å². The Balaban J connectivity index is 2.04. The molecule has 0 unspecified atom stereocenters. The van der Waals surface area contributed by atoms with Gasteiger partial charge >= 0.3 is 0 Å². The SMILES string of the molecule is C=C[C@]1(OC)C[C@@H]2C=C[C@@H]3C=C[C@@H]1[C@H]32. The number of hydrogen-bond donors (Lipinski definition) is 0. The first-order valence-corrected chi connectivity index (χ1v) is 5.36. The highest BCUT2D eigenvalue weighted by molar-refractivity contribution is 5.31. The van der Waals surface area contributed by atoms with Gasteiger partial charge in [0.25, 0.3) is 0 Å². The monoisotopic (exact) mass is 188 g/mol. The maximum Gasteiger partial charge on any atom is 0.0927 e. The van der Waals surface area contributed by atoms with Crippen molar-refractivity contribution in [2.24, 2.45) is 23.7 Å². The van der Waals surface area contributed by atoms with Crippen LogP contribution in [-0.2, 0) is 4.74 Å². The predicted molar refractivity (Wildman–Crippen MR) is 56.8 cm³/mol. The third kappa shape index (κ3) is 0.795. The van der Waals surface area contributed by atoms with E-state index in [9.17, 15) is 0 Å². The van der Waals surface area contributed by atoms with Gasteiger partial charge in [-0.1, -0.05) is 30.4 Å². The lowest BCUT2D eigenvalue weighted by Crippen LogP contribution is -2.33. The molecule has 1 nitrogen and oxygen atoms in total. The normalized spacial score (nSPS) is 52.6. The molecule has 1 fully saturated rings. The summed E-state index contributed by atoms with van der Waals surface area (Å²) in [4.78, 5) is 0. The zero-order chi connectivity index (χ0) is 9.76. The molecule has 0 aromatic carbocycles. The van der Waals surface area contributed by atoms with Crippen LogP contribution in [-0.4, -0.2) is 12.7 Å². The molecular formula is C13H16O. The second-order valence-electron chi connectivity index (χ2n) is 4.68. The molecule has 0 aromatic heterocycles. The van der Waals surface area contributed by atoms with E-state index in [1.54, 1.807) is 0 Å². The summed E-state index contributed by atoms with van der Waals surface area (Å²) < 4.78 is 5.71. The highest BCUT2D eigenvalue weighted by atomic mass is 16.5. The van der Waals surface area contributed by atoms with E-state index in [0.29, 0.717) is 17.8 Å². The lowest BCUT2D eigenvalue weighted by Gasteiger charge is -2.29. The fourth-order valence-corrected chi connectivity index (χ4v) is 3.61. The maximum atomic E-state index is 5.71. The molecule has 1 heteroatoms. The molecule has 3 aliphatic carbocycles. The number of allylic oxidation sites excluding steroid dienone is 3. The van der Waals surface area contributed by atoms with Crippen molar-refractivity contribution in [3.63, 3.8) is 0 Å². The number of methoxy groups -OCH3 is 1. The Bertz CT molecular complexity index is 328. The molecule has 0 aliphatic heterocycles. The van der Waals surface area contributed by atoms with E-state index in [-0.39, 0.29) is 5.60 Å². The second-order valence-corrected chi connectivity index (χ2v) is 4.68. The Labute approximate surface area is 85.1 Å². The summed E-state index contributed by atoms with van der Waals surface area (Å²) in [5.74, 6) is 2.68. The molecule has 1 saturated carbocycles. The van der Waals surface area contributed by atoms with Crippen LogP contribution in [0.2, 0.25) is 0 Å². The minimum absolute atomic E-state index is 0.0919. The summed E-state index contributed by atoms with van der Waals surface area (Å²) in [5, 5.41) is 0. The van der Waals surface area contributed by atoms with Gasteiger partial charge in [0.05, 0.1) is 5.60 Å². The highest BCUT2D eigenvalue weighted by Gasteiger charge is 2.55. The van der Waals surface area contributed by atoms with Gasteiger partial charge in [0.15, 0.2) is 0 Å². The number of ether oxygens (including phenoxy) is 1. The molecule has 74 valence electrons. The number of hydrogen-bond acceptors (Lipinski definition) is 1. The smallest absolute Gasteiger partial charge is 0.0927 e. The van der Waals surface area contributed by atoms with Crippen molar-refractivity contribution >= 4 is 0 Å². The molecule has 0 aromatic rings. The van der Waals surface area contributed by atoms with Crippen LogP contribution in [0.5, 0.6) is 0 Å². The summed E-state index contributed by atoms with van der Waals surface area (Å²) in [7, 11) is 1.81. The number of rotatable bonds is 2. The van der Waals surface area contributed by atoms with Crippen molar-refractivity contribution in [3.05, 3.63) is 37.0 Å². The van der Waals surface area contributed by atoms with Crippen molar-refractivity contribution in [2.45, 2.75) is 12.0 Å². The molecule has 0 N–H and O–H groups in total. The van der Waals surface area contributed by atoms with E-state index < -0.39 is 0 Å². The Morgan fingerprint density at radius 3 is 2.86 bits per heavy atom. The van der Waals surface area contributed by atoms with Crippen LogP contribution in [0.4, 0.5) is 0 Å². The molecule has 0 bridgehead atoms. The quantitative estimate of drug-likeness (QED) is 0.605. The molecule has 14 heavy (non-hydrogen) atoms.